The molecule has 1 saturated heterocycles. The Morgan fingerprint density at radius 3 is 2.10 bits per heavy atom. The maximum absolute atomic E-state index is 13.1. The van der Waals surface area contributed by atoms with Gasteiger partial charge in [-0.1, -0.05) is 6.07 Å². The first-order valence-electron chi connectivity index (χ1n) is 12.2. The maximum Gasteiger partial charge on any atom is 0.326 e. The Labute approximate surface area is 233 Å². The number of methoxy groups -OCH3 is 2. The zero-order valence-corrected chi connectivity index (χ0v) is 22.2. The first kappa shape index (κ1) is 34.1. The molecule has 0 saturated carbocycles. The Kier molecular flexibility index (Phi) is 12.2. The van der Waals surface area contributed by atoms with Crippen molar-refractivity contribution in [2.45, 2.75) is 74.7 Å². The van der Waals surface area contributed by atoms with Crippen molar-refractivity contribution < 1.29 is 79.3 Å². The summed E-state index contributed by atoms with van der Waals surface area (Å²) in [6.45, 7) is 1.20. The molecule has 1 aromatic carbocycles. The van der Waals surface area contributed by atoms with E-state index in [9.17, 15) is 60.3 Å². The quantitative estimate of drug-likeness (QED) is 0.0738. The van der Waals surface area contributed by atoms with Crippen molar-refractivity contribution in [3.05, 3.63) is 23.8 Å². The van der Waals surface area contributed by atoms with Gasteiger partial charge >= 0.3 is 11.9 Å². The van der Waals surface area contributed by atoms with Gasteiger partial charge in [0.25, 0.3) is 5.91 Å². The van der Waals surface area contributed by atoms with E-state index in [1.54, 1.807) is 0 Å². The van der Waals surface area contributed by atoms with Crippen molar-refractivity contribution >= 4 is 17.8 Å². The average molecular weight is 594 g/mol. The van der Waals surface area contributed by atoms with Gasteiger partial charge in [-0.2, -0.15) is 0 Å². The van der Waals surface area contributed by atoms with Crippen LogP contribution in [0.4, 0.5) is 0 Å². The first-order valence-corrected chi connectivity index (χ1v) is 12.2. The molecule has 2 rings (SSSR count). The molecule has 1 amide bonds. The number of hydrogen-bond acceptors (Lipinski definition) is 14. The summed E-state index contributed by atoms with van der Waals surface area (Å²) in [7, 11) is 2.07. The van der Waals surface area contributed by atoms with Gasteiger partial charge in [-0.3, -0.25) is 9.59 Å². The van der Waals surface area contributed by atoms with Crippen LogP contribution in [0.2, 0.25) is 0 Å². The van der Waals surface area contributed by atoms with E-state index in [2.05, 4.69) is 5.32 Å². The van der Waals surface area contributed by atoms with Gasteiger partial charge in [-0.05, 0) is 24.6 Å². The van der Waals surface area contributed by atoms with Crippen LogP contribution < -0.4 is 5.32 Å². The normalized spacial score (nSPS) is 27.2. The fourth-order valence-corrected chi connectivity index (χ4v) is 4.16. The number of aromatic hydroxyl groups is 2. The van der Waals surface area contributed by atoms with Crippen molar-refractivity contribution in [3.63, 3.8) is 0 Å². The van der Waals surface area contributed by atoms with E-state index in [1.165, 1.54) is 13.0 Å². The van der Waals surface area contributed by atoms with Crippen LogP contribution >= 0.6 is 0 Å². The average Bonchev–Trinajstić information content (AvgIpc) is 2.92. The number of benzene rings is 1. The Balaban J connectivity index is 2.29. The standard InChI is InChI=1S/C24H35NO16/c1-8(21(33)34)17(38-2)14(29)16(31)24(39-3)41-18-13(28)15(30)23(37)40-19(18)20(32)25-10(22(35)36)6-9-4-5-11(26)12(27)7-9/h4-5,7-8,10,13-19,23-24,26-31,37H,6H2,1-3H3,(H,25,32)(H,33,34)(H,35,36)/t8?,10-,13?,14?,15?,16?,17?,18?,19+,23+,24?/m0/s1. The highest BCUT2D eigenvalue weighted by Crippen LogP contribution is 2.28. The maximum atomic E-state index is 13.1. The van der Waals surface area contributed by atoms with Gasteiger partial charge in [0, 0.05) is 20.6 Å². The molecule has 0 aromatic heterocycles. The fraction of sp³-hybridized carbons (Fsp3) is 0.625. The van der Waals surface area contributed by atoms with Crippen LogP contribution in [0.15, 0.2) is 18.2 Å². The number of aliphatic hydroxyl groups excluding tert-OH is 5. The molecule has 17 nitrogen and oxygen atoms in total. The van der Waals surface area contributed by atoms with Crippen molar-refractivity contribution in [1.82, 2.24) is 5.32 Å². The summed E-state index contributed by atoms with van der Waals surface area (Å²) < 4.78 is 20.5. The molecule has 11 atom stereocenters. The number of rotatable bonds is 14. The fourth-order valence-electron chi connectivity index (χ4n) is 4.16. The van der Waals surface area contributed by atoms with Crippen LogP contribution in [0, 0.1) is 5.92 Å². The first-order chi connectivity index (χ1) is 19.1. The number of carbonyl (C=O) groups excluding carboxylic acids is 1. The van der Waals surface area contributed by atoms with E-state index >= 15 is 0 Å². The minimum Gasteiger partial charge on any atom is -0.504 e. The molecule has 0 bridgehead atoms. The molecule has 1 aliphatic heterocycles. The summed E-state index contributed by atoms with van der Waals surface area (Å²) >= 11 is 0. The van der Waals surface area contributed by atoms with Crippen LogP contribution in [0.3, 0.4) is 0 Å². The molecule has 10 N–H and O–H groups in total. The summed E-state index contributed by atoms with van der Waals surface area (Å²) in [5.74, 6) is -6.47. The largest absolute Gasteiger partial charge is 0.504 e. The number of carboxylic acid groups (broad SMARTS) is 2. The molecular formula is C24H35NO16. The number of carboxylic acids is 2. The van der Waals surface area contributed by atoms with Crippen LogP contribution in [0.25, 0.3) is 0 Å². The van der Waals surface area contributed by atoms with E-state index in [-0.39, 0.29) is 5.56 Å². The van der Waals surface area contributed by atoms with E-state index in [0.717, 1.165) is 26.4 Å². The van der Waals surface area contributed by atoms with Crippen LogP contribution in [0.1, 0.15) is 12.5 Å². The highest BCUT2D eigenvalue weighted by molar-refractivity contribution is 5.87. The van der Waals surface area contributed by atoms with E-state index in [4.69, 9.17) is 18.9 Å². The second-order valence-corrected chi connectivity index (χ2v) is 9.37. The number of phenols is 2. The highest BCUT2D eigenvalue weighted by Gasteiger charge is 2.50. The van der Waals surface area contributed by atoms with Gasteiger partial charge in [0.15, 0.2) is 30.2 Å². The second-order valence-electron chi connectivity index (χ2n) is 9.37. The predicted octanol–water partition coefficient (Wildman–Crippen LogP) is -3.54. The van der Waals surface area contributed by atoms with E-state index in [0.29, 0.717) is 0 Å². The third-order valence-corrected chi connectivity index (χ3v) is 6.56. The highest BCUT2D eigenvalue weighted by atomic mass is 16.7. The predicted molar refractivity (Wildman–Crippen MR) is 131 cm³/mol. The Hall–Kier alpha value is -3.13. The van der Waals surface area contributed by atoms with Gasteiger partial charge in [0.1, 0.15) is 36.6 Å². The molecule has 1 fully saturated rings. The number of ether oxygens (including phenoxy) is 4. The number of carbonyl (C=O) groups is 3. The van der Waals surface area contributed by atoms with Gasteiger partial charge in [-0.15, -0.1) is 0 Å². The number of aliphatic hydroxyl groups is 5. The number of amides is 1. The SMILES string of the molecule is COC(OC1C(O)C(O)[C@H](O)O[C@H]1C(=O)N[C@@H](Cc1ccc(O)c(O)c1)C(=O)O)C(O)C(O)C(OC)C(C)C(=O)O. The monoisotopic (exact) mass is 593 g/mol. The van der Waals surface area contributed by atoms with Gasteiger partial charge in [0.05, 0.1) is 12.0 Å². The van der Waals surface area contributed by atoms with Crippen LogP contribution in [-0.2, 0) is 39.8 Å². The summed E-state index contributed by atoms with van der Waals surface area (Å²) in [5.41, 5.74) is 0.195. The third-order valence-electron chi connectivity index (χ3n) is 6.56. The molecule has 1 heterocycles. The molecule has 0 spiro atoms. The van der Waals surface area contributed by atoms with Crippen LogP contribution in [0.5, 0.6) is 11.5 Å². The molecule has 8 unspecified atom stereocenters. The Morgan fingerprint density at radius 1 is 0.951 bits per heavy atom. The lowest BCUT2D eigenvalue weighted by atomic mass is 9.95. The number of aliphatic carboxylic acids is 2. The number of phenolic OH excluding ortho intramolecular Hbond substituents is 2. The van der Waals surface area contributed by atoms with E-state index in [1.807, 2.05) is 0 Å². The van der Waals surface area contributed by atoms with Crippen molar-refractivity contribution in [2.24, 2.45) is 5.92 Å². The lowest BCUT2D eigenvalue weighted by Gasteiger charge is -2.42. The summed E-state index contributed by atoms with van der Waals surface area (Å²) in [4.78, 5) is 36.3. The molecule has 1 aliphatic rings. The molecule has 1 aromatic rings. The lowest BCUT2D eigenvalue weighted by Crippen LogP contribution is -2.65. The molecule has 41 heavy (non-hydrogen) atoms. The second kappa shape index (κ2) is 14.7. The van der Waals surface area contributed by atoms with E-state index < -0.39 is 103 Å². The smallest absolute Gasteiger partial charge is 0.326 e. The summed E-state index contributed by atoms with van der Waals surface area (Å²) in [5, 5.41) is 92.0. The minimum absolute atomic E-state index is 0.195. The molecule has 0 radical (unpaired) electrons. The third kappa shape index (κ3) is 8.22. The molecule has 0 aliphatic carbocycles. The zero-order chi connectivity index (χ0) is 31.2. The van der Waals surface area contributed by atoms with Crippen molar-refractivity contribution in [3.8, 4) is 11.5 Å². The molecular weight excluding hydrogens is 558 g/mol. The van der Waals surface area contributed by atoms with Crippen molar-refractivity contribution in [2.75, 3.05) is 14.2 Å². The van der Waals surface area contributed by atoms with Gasteiger partial charge < -0.3 is 70.2 Å². The Bertz CT molecular complexity index is 1050. The number of nitrogens with one attached hydrogen (secondary N) is 1. The number of hydrogen-bond donors (Lipinski definition) is 10. The van der Waals surface area contributed by atoms with Crippen LogP contribution in [-0.4, -0.2) is 139 Å². The van der Waals surface area contributed by atoms with Gasteiger partial charge in [0.2, 0.25) is 0 Å². The molecule has 17 heteroatoms. The Morgan fingerprint density at radius 2 is 1.59 bits per heavy atom. The minimum atomic E-state index is -2.14. The van der Waals surface area contributed by atoms with Crippen molar-refractivity contribution in [1.29, 1.82) is 0 Å². The zero-order valence-electron chi connectivity index (χ0n) is 22.2. The summed E-state index contributed by atoms with van der Waals surface area (Å²) in [6, 6.07) is 1.79. The van der Waals surface area contributed by atoms with Gasteiger partial charge in [-0.25, -0.2) is 4.79 Å². The summed E-state index contributed by atoms with van der Waals surface area (Å²) in [6.07, 6.45) is -18.0. The molecule has 232 valence electrons. The topological polar surface area (TPSA) is 282 Å². The lowest BCUT2D eigenvalue weighted by molar-refractivity contribution is -0.319.